The highest BCUT2D eigenvalue weighted by Crippen LogP contribution is 2.20. The molecule has 1 atom stereocenters. The predicted octanol–water partition coefficient (Wildman–Crippen LogP) is 0.652. The van der Waals surface area contributed by atoms with Gasteiger partial charge in [-0.25, -0.2) is 12.8 Å². The number of hydrogen-bond donors (Lipinski definition) is 1. The zero-order valence-corrected chi connectivity index (χ0v) is 10.7. The first-order chi connectivity index (χ1) is 8.88. The van der Waals surface area contributed by atoms with Crippen LogP contribution >= 0.6 is 0 Å². The number of halogens is 1. The highest BCUT2D eigenvalue weighted by Gasteiger charge is 2.31. The first-order valence-corrected chi connectivity index (χ1v) is 7.36. The van der Waals surface area contributed by atoms with E-state index in [1.165, 1.54) is 12.1 Å². The fraction of sp³-hybridized carbons (Fsp3) is 0.333. The first kappa shape index (κ1) is 13.7. The van der Waals surface area contributed by atoms with Crippen molar-refractivity contribution in [2.24, 2.45) is 5.92 Å². The molecule has 1 aromatic carbocycles. The van der Waals surface area contributed by atoms with Crippen LogP contribution in [0, 0.1) is 11.7 Å². The lowest BCUT2D eigenvalue weighted by Crippen LogP contribution is -2.43. The minimum Gasteiger partial charge on any atom is -0.296 e. The summed E-state index contributed by atoms with van der Waals surface area (Å²) in [6, 6.07) is 4.64. The van der Waals surface area contributed by atoms with Crippen LogP contribution in [0.3, 0.4) is 0 Å². The number of carbonyl (C=O) groups is 2. The maximum absolute atomic E-state index is 13.0. The van der Waals surface area contributed by atoms with Gasteiger partial charge in [0.2, 0.25) is 11.8 Å². The summed E-state index contributed by atoms with van der Waals surface area (Å²) in [5, 5.41) is 2.10. The second kappa shape index (κ2) is 5.08. The van der Waals surface area contributed by atoms with Crippen LogP contribution in [-0.4, -0.2) is 26.0 Å². The predicted molar refractivity (Wildman–Crippen MR) is 64.3 cm³/mol. The van der Waals surface area contributed by atoms with Gasteiger partial charge >= 0.3 is 0 Å². The maximum atomic E-state index is 13.0. The van der Waals surface area contributed by atoms with Gasteiger partial charge in [-0.15, -0.1) is 0 Å². The number of rotatable bonds is 3. The SMILES string of the molecule is O=C1CCC(CS(=O)(=O)c2cccc(F)c2)C(=O)N1. The van der Waals surface area contributed by atoms with Crippen LogP contribution in [0.5, 0.6) is 0 Å². The van der Waals surface area contributed by atoms with Gasteiger partial charge in [0.1, 0.15) is 5.82 Å². The van der Waals surface area contributed by atoms with Gasteiger partial charge in [-0.05, 0) is 24.6 Å². The summed E-state index contributed by atoms with van der Waals surface area (Å²) < 4.78 is 37.1. The molecule has 0 aromatic heterocycles. The lowest BCUT2D eigenvalue weighted by molar-refractivity contribution is -0.135. The van der Waals surface area contributed by atoms with Crippen molar-refractivity contribution in [2.75, 3.05) is 5.75 Å². The van der Waals surface area contributed by atoms with E-state index in [0.29, 0.717) is 0 Å². The molecule has 102 valence electrons. The fourth-order valence-corrected chi connectivity index (χ4v) is 3.54. The summed E-state index contributed by atoms with van der Waals surface area (Å²) in [6.07, 6.45) is 0.314. The van der Waals surface area contributed by atoms with Crippen molar-refractivity contribution >= 4 is 21.7 Å². The van der Waals surface area contributed by atoms with E-state index in [1.54, 1.807) is 0 Å². The van der Waals surface area contributed by atoms with E-state index < -0.39 is 39.1 Å². The largest absolute Gasteiger partial charge is 0.296 e. The van der Waals surface area contributed by atoms with E-state index in [0.717, 1.165) is 12.1 Å². The molecule has 5 nitrogen and oxygen atoms in total. The number of amides is 2. The van der Waals surface area contributed by atoms with Gasteiger partial charge in [0.05, 0.1) is 16.6 Å². The Labute approximate surface area is 109 Å². The third-order valence-electron chi connectivity index (χ3n) is 2.93. The number of sulfone groups is 1. The molecule has 0 aliphatic carbocycles. The summed E-state index contributed by atoms with van der Waals surface area (Å²) in [5.41, 5.74) is 0. The summed E-state index contributed by atoms with van der Waals surface area (Å²) in [7, 11) is -3.74. The molecule has 1 fully saturated rings. The Bertz CT molecular complexity index is 626. The summed E-state index contributed by atoms with van der Waals surface area (Å²) >= 11 is 0. The van der Waals surface area contributed by atoms with Gasteiger partial charge in [0.25, 0.3) is 0 Å². The second-order valence-electron chi connectivity index (χ2n) is 4.39. The molecule has 0 bridgehead atoms. The van der Waals surface area contributed by atoms with E-state index >= 15 is 0 Å². The van der Waals surface area contributed by atoms with Crippen molar-refractivity contribution in [3.63, 3.8) is 0 Å². The number of piperidine rings is 1. The van der Waals surface area contributed by atoms with Crippen molar-refractivity contribution in [1.82, 2.24) is 5.32 Å². The third-order valence-corrected chi connectivity index (χ3v) is 4.74. The molecule has 2 amide bonds. The quantitative estimate of drug-likeness (QED) is 0.827. The average molecular weight is 285 g/mol. The molecule has 0 saturated carbocycles. The molecule has 1 aliphatic heterocycles. The zero-order chi connectivity index (χ0) is 14.0. The molecule has 1 unspecified atom stereocenters. The molecule has 0 radical (unpaired) electrons. The number of hydrogen-bond acceptors (Lipinski definition) is 4. The Morgan fingerprint density at radius 3 is 2.68 bits per heavy atom. The average Bonchev–Trinajstić information content (AvgIpc) is 2.33. The lowest BCUT2D eigenvalue weighted by Gasteiger charge is -2.20. The molecule has 1 aromatic rings. The van der Waals surface area contributed by atoms with Crippen molar-refractivity contribution < 1.29 is 22.4 Å². The Balaban J connectivity index is 2.18. The number of nitrogens with one attached hydrogen (secondary N) is 1. The molecular formula is C12H12FNO4S. The Morgan fingerprint density at radius 1 is 1.32 bits per heavy atom. The van der Waals surface area contributed by atoms with Gasteiger partial charge < -0.3 is 0 Å². The van der Waals surface area contributed by atoms with Crippen molar-refractivity contribution in [3.8, 4) is 0 Å². The van der Waals surface area contributed by atoms with E-state index in [9.17, 15) is 22.4 Å². The molecule has 2 rings (SSSR count). The second-order valence-corrected chi connectivity index (χ2v) is 6.42. The highest BCUT2D eigenvalue weighted by atomic mass is 32.2. The lowest BCUT2D eigenvalue weighted by atomic mass is 10.0. The molecule has 1 heterocycles. The number of benzene rings is 1. The van der Waals surface area contributed by atoms with Crippen LogP contribution in [-0.2, 0) is 19.4 Å². The first-order valence-electron chi connectivity index (χ1n) is 5.70. The van der Waals surface area contributed by atoms with Crippen LogP contribution in [0.25, 0.3) is 0 Å². The zero-order valence-electron chi connectivity index (χ0n) is 9.93. The van der Waals surface area contributed by atoms with E-state index in [4.69, 9.17) is 0 Å². The third kappa shape index (κ3) is 3.17. The molecule has 0 spiro atoms. The molecule has 1 N–H and O–H groups in total. The molecule has 19 heavy (non-hydrogen) atoms. The van der Waals surface area contributed by atoms with Crippen LogP contribution in [0.1, 0.15) is 12.8 Å². The van der Waals surface area contributed by atoms with Gasteiger partial charge in [-0.2, -0.15) is 0 Å². The molecule has 1 saturated heterocycles. The van der Waals surface area contributed by atoms with Crippen LogP contribution < -0.4 is 5.32 Å². The minimum absolute atomic E-state index is 0.120. The number of imide groups is 1. The van der Waals surface area contributed by atoms with Crippen molar-refractivity contribution in [1.29, 1.82) is 0 Å². The highest BCUT2D eigenvalue weighted by molar-refractivity contribution is 7.91. The smallest absolute Gasteiger partial charge is 0.230 e. The normalized spacial score (nSPS) is 20.2. The van der Waals surface area contributed by atoms with E-state index in [-0.39, 0.29) is 17.7 Å². The van der Waals surface area contributed by atoms with Crippen LogP contribution in [0.15, 0.2) is 29.2 Å². The van der Waals surface area contributed by atoms with Gasteiger partial charge in [-0.3, -0.25) is 14.9 Å². The van der Waals surface area contributed by atoms with Crippen LogP contribution in [0.4, 0.5) is 4.39 Å². The Hall–Kier alpha value is -1.76. The Kier molecular flexibility index (Phi) is 3.66. The minimum atomic E-state index is -3.74. The van der Waals surface area contributed by atoms with E-state index in [1.807, 2.05) is 0 Å². The summed E-state index contributed by atoms with van der Waals surface area (Å²) in [6.45, 7) is 0. The maximum Gasteiger partial charge on any atom is 0.230 e. The number of carbonyl (C=O) groups excluding carboxylic acids is 2. The van der Waals surface area contributed by atoms with Gasteiger partial charge in [0, 0.05) is 6.42 Å². The standard InChI is InChI=1S/C12H12FNO4S/c13-9-2-1-3-10(6-9)19(17,18)7-8-4-5-11(15)14-12(8)16/h1-3,6,8H,4-5,7H2,(H,14,15,16). The summed E-state index contributed by atoms with van der Waals surface area (Å²) in [5.74, 6) is -2.83. The van der Waals surface area contributed by atoms with Gasteiger partial charge in [-0.1, -0.05) is 6.07 Å². The molecule has 7 heteroatoms. The van der Waals surface area contributed by atoms with Gasteiger partial charge in [0.15, 0.2) is 9.84 Å². The fourth-order valence-electron chi connectivity index (χ4n) is 1.92. The van der Waals surface area contributed by atoms with E-state index in [2.05, 4.69) is 5.32 Å². The monoisotopic (exact) mass is 285 g/mol. The summed E-state index contributed by atoms with van der Waals surface area (Å²) in [4.78, 5) is 22.3. The molecule has 1 aliphatic rings. The Morgan fingerprint density at radius 2 is 2.05 bits per heavy atom. The van der Waals surface area contributed by atoms with Crippen LogP contribution in [0.2, 0.25) is 0 Å². The van der Waals surface area contributed by atoms with Crippen molar-refractivity contribution in [3.05, 3.63) is 30.1 Å². The van der Waals surface area contributed by atoms with Crippen molar-refractivity contribution in [2.45, 2.75) is 17.7 Å². The molecular weight excluding hydrogens is 273 g/mol. The topological polar surface area (TPSA) is 80.3 Å².